The number of rotatable bonds is 2. The van der Waals surface area contributed by atoms with Gasteiger partial charge in [0.1, 0.15) is 5.75 Å². The fraction of sp³-hybridized carbons (Fsp3) is 0.500. The lowest BCUT2D eigenvalue weighted by Crippen LogP contribution is -2.41. The highest BCUT2D eigenvalue weighted by Gasteiger charge is 2.52. The molecule has 0 atom stereocenters. The first-order valence-electron chi connectivity index (χ1n) is 6.65. The van der Waals surface area contributed by atoms with Crippen molar-refractivity contribution < 1.29 is 19.2 Å². The third-order valence-corrected chi connectivity index (χ3v) is 4.76. The zero-order valence-electron chi connectivity index (χ0n) is 12.8. The molecular formula is C14H19BClNO4. The predicted octanol–water partition coefficient (Wildman–Crippen LogP) is 1.75. The van der Waals surface area contributed by atoms with Gasteiger partial charge in [0.25, 0.3) is 5.91 Å². The molecule has 1 aromatic rings. The second-order valence-corrected chi connectivity index (χ2v) is 6.63. The largest absolute Gasteiger partial charge is 0.506 e. The van der Waals surface area contributed by atoms with Gasteiger partial charge in [-0.1, -0.05) is 11.6 Å². The molecule has 0 saturated carbocycles. The Labute approximate surface area is 129 Å². The topological polar surface area (TPSA) is 81.8 Å². The normalized spacial score (nSPS) is 19.8. The van der Waals surface area contributed by atoms with E-state index in [1.54, 1.807) is 6.92 Å². The maximum Gasteiger partial charge on any atom is 0.495 e. The second-order valence-electron chi connectivity index (χ2n) is 6.25. The van der Waals surface area contributed by atoms with Crippen LogP contribution in [0.4, 0.5) is 0 Å². The number of aromatic hydroxyl groups is 1. The summed E-state index contributed by atoms with van der Waals surface area (Å²) in [5.74, 6) is -1.07. The lowest BCUT2D eigenvalue weighted by molar-refractivity contribution is 0.00578. The minimum atomic E-state index is -0.757. The third-order valence-electron chi connectivity index (χ3n) is 4.30. The van der Waals surface area contributed by atoms with E-state index in [2.05, 4.69) is 0 Å². The number of hydrogen-bond acceptors (Lipinski definition) is 4. The molecule has 114 valence electrons. The minimum absolute atomic E-state index is 0.0460. The number of hydrogen-bond donors (Lipinski definition) is 2. The van der Waals surface area contributed by atoms with Crippen LogP contribution in [0.15, 0.2) is 6.07 Å². The van der Waals surface area contributed by atoms with Gasteiger partial charge in [0.2, 0.25) is 0 Å². The molecule has 1 heterocycles. The van der Waals surface area contributed by atoms with Crippen LogP contribution in [0.25, 0.3) is 0 Å². The number of primary amides is 1. The van der Waals surface area contributed by atoms with Gasteiger partial charge >= 0.3 is 7.12 Å². The number of nitrogens with two attached hydrogens (primary N) is 1. The van der Waals surface area contributed by atoms with E-state index in [1.165, 1.54) is 6.07 Å². The summed E-state index contributed by atoms with van der Waals surface area (Å²) in [6, 6.07) is 1.47. The smallest absolute Gasteiger partial charge is 0.495 e. The van der Waals surface area contributed by atoms with E-state index in [0.717, 1.165) is 0 Å². The number of amides is 1. The van der Waals surface area contributed by atoms with E-state index in [-0.39, 0.29) is 16.3 Å². The summed E-state index contributed by atoms with van der Waals surface area (Å²) in [5, 5.41) is 9.99. The fourth-order valence-electron chi connectivity index (χ4n) is 2.16. The molecule has 1 amide bonds. The van der Waals surface area contributed by atoms with Crippen molar-refractivity contribution in [1.29, 1.82) is 0 Å². The quantitative estimate of drug-likeness (QED) is 0.815. The first kappa shape index (κ1) is 16.1. The first-order valence-corrected chi connectivity index (χ1v) is 7.03. The molecule has 1 fully saturated rings. The molecule has 0 aromatic heterocycles. The van der Waals surface area contributed by atoms with E-state index in [0.29, 0.717) is 11.0 Å². The number of carbonyl (C=O) groups excluding carboxylic acids is 1. The lowest BCUT2D eigenvalue weighted by atomic mass is 9.75. The Morgan fingerprint density at radius 1 is 1.29 bits per heavy atom. The molecule has 0 aliphatic carbocycles. The number of benzene rings is 1. The number of halogens is 1. The van der Waals surface area contributed by atoms with Crippen molar-refractivity contribution in [2.45, 2.75) is 45.8 Å². The molecule has 3 N–H and O–H groups in total. The molecule has 21 heavy (non-hydrogen) atoms. The maximum atomic E-state index is 11.4. The van der Waals surface area contributed by atoms with Crippen LogP contribution < -0.4 is 11.2 Å². The van der Waals surface area contributed by atoms with E-state index in [9.17, 15) is 9.90 Å². The van der Waals surface area contributed by atoms with Gasteiger partial charge in [0, 0.05) is 0 Å². The molecular weight excluding hydrogens is 292 g/mol. The van der Waals surface area contributed by atoms with Crippen LogP contribution in [-0.4, -0.2) is 29.3 Å². The van der Waals surface area contributed by atoms with Crippen molar-refractivity contribution >= 4 is 30.1 Å². The zero-order valence-corrected chi connectivity index (χ0v) is 13.5. The van der Waals surface area contributed by atoms with Crippen molar-refractivity contribution in [1.82, 2.24) is 0 Å². The molecule has 5 nitrogen and oxygen atoms in total. The van der Waals surface area contributed by atoms with Crippen molar-refractivity contribution in [2.24, 2.45) is 5.73 Å². The van der Waals surface area contributed by atoms with Crippen LogP contribution in [0.1, 0.15) is 43.6 Å². The van der Waals surface area contributed by atoms with Gasteiger partial charge in [-0.25, -0.2) is 0 Å². The molecule has 0 spiro atoms. The Kier molecular flexibility index (Phi) is 3.77. The Hall–Kier alpha value is -1.24. The van der Waals surface area contributed by atoms with Crippen LogP contribution in [0.5, 0.6) is 5.75 Å². The van der Waals surface area contributed by atoms with Crippen LogP contribution in [-0.2, 0) is 9.31 Å². The molecule has 1 aliphatic heterocycles. The van der Waals surface area contributed by atoms with E-state index >= 15 is 0 Å². The fourth-order valence-corrected chi connectivity index (χ4v) is 2.37. The molecule has 1 aliphatic rings. The SMILES string of the molecule is Cc1c(B2OC(C)(C)C(C)(C)O2)cc(C(N)=O)c(O)c1Cl. The summed E-state index contributed by atoms with van der Waals surface area (Å²) < 4.78 is 11.9. The molecule has 1 saturated heterocycles. The van der Waals surface area contributed by atoms with Gasteiger partial charge in [0.05, 0.1) is 21.8 Å². The molecule has 7 heteroatoms. The van der Waals surface area contributed by atoms with Crippen molar-refractivity contribution in [2.75, 3.05) is 0 Å². The summed E-state index contributed by atoms with van der Waals surface area (Å²) >= 11 is 6.08. The Bertz CT molecular complexity index is 599. The van der Waals surface area contributed by atoms with Crippen LogP contribution in [0.2, 0.25) is 5.02 Å². The van der Waals surface area contributed by atoms with Gasteiger partial charge in [-0.3, -0.25) is 4.79 Å². The van der Waals surface area contributed by atoms with E-state index in [4.69, 9.17) is 26.6 Å². The van der Waals surface area contributed by atoms with Crippen LogP contribution >= 0.6 is 11.6 Å². The average Bonchev–Trinajstić information content (AvgIpc) is 2.55. The van der Waals surface area contributed by atoms with Gasteiger partial charge in [-0.2, -0.15) is 0 Å². The maximum absolute atomic E-state index is 11.4. The van der Waals surface area contributed by atoms with Gasteiger partial charge < -0.3 is 20.1 Å². The van der Waals surface area contributed by atoms with Crippen LogP contribution in [0.3, 0.4) is 0 Å². The summed E-state index contributed by atoms with van der Waals surface area (Å²) in [6.45, 7) is 9.45. The van der Waals surface area contributed by atoms with Gasteiger partial charge in [-0.15, -0.1) is 0 Å². The lowest BCUT2D eigenvalue weighted by Gasteiger charge is -2.32. The molecule has 2 rings (SSSR count). The molecule has 0 radical (unpaired) electrons. The van der Waals surface area contributed by atoms with Crippen LogP contribution in [0, 0.1) is 6.92 Å². The molecule has 1 aromatic carbocycles. The highest BCUT2D eigenvalue weighted by atomic mass is 35.5. The van der Waals surface area contributed by atoms with E-state index in [1.807, 2.05) is 27.7 Å². The Morgan fingerprint density at radius 2 is 1.76 bits per heavy atom. The first-order chi connectivity index (χ1) is 9.48. The standard InChI is InChI=1S/C14H19BClNO4/c1-7-9(6-8(12(17)19)11(18)10(7)16)15-20-13(2,3)14(4,5)21-15/h6,18H,1-5H3,(H2,17,19). The van der Waals surface area contributed by atoms with Gasteiger partial charge in [-0.05, 0) is 51.7 Å². The zero-order chi connectivity index (χ0) is 16.2. The molecule has 0 bridgehead atoms. The minimum Gasteiger partial charge on any atom is -0.506 e. The van der Waals surface area contributed by atoms with E-state index < -0.39 is 24.2 Å². The summed E-state index contributed by atoms with van der Waals surface area (Å²) in [5.41, 5.74) is 5.38. The predicted molar refractivity (Wildman–Crippen MR) is 82.1 cm³/mol. The summed E-state index contributed by atoms with van der Waals surface area (Å²) in [6.07, 6.45) is 0. The molecule has 0 unspecified atom stereocenters. The highest BCUT2D eigenvalue weighted by Crippen LogP contribution is 2.38. The number of phenols is 1. The highest BCUT2D eigenvalue weighted by molar-refractivity contribution is 6.63. The van der Waals surface area contributed by atoms with Crippen molar-refractivity contribution in [3.63, 3.8) is 0 Å². The second kappa shape index (κ2) is 4.90. The Balaban J connectivity index is 2.54. The monoisotopic (exact) mass is 311 g/mol. The van der Waals surface area contributed by atoms with Gasteiger partial charge in [0.15, 0.2) is 0 Å². The number of carbonyl (C=O) groups is 1. The Morgan fingerprint density at radius 3 is 2.19 bits per heavy atom. The summed E-state index contributed by atoms with van der Waals surface area (Å²) in [4.78, 5) is 11.4. The average molecular weight is 312 g/mol. The van der Waals surface area contributed by atoms with Crippen molar-refractivity contribution in [3.8, 4) is 5.75 Å². The third kappa shape index (κ3) is 2.52. The van der Waals surface area contributed by atoms with Crippen molar-refractivity contribution in [3.05, 3.63) is 22.2 Å². The summed E-state index contributed by atoms with van der Waals surface area (Å²) in [7, 11) is -0.675.